The van der Waals surface area contributed by atoms with E-state index in [4.69, 9.17) is 9.47 Å². The molecule has 0 aliphatic heterocycles. The van der Waals surface area contributed by atoms with Crippen LogP contribution in [-0.2, 0) is 14.3 Å². The summed E-state index contributed by atoms with van der Waals surface area (Å²) in [5.74, 6) is 0.0991. The number of amides is 1. The summed E-state index contributed by atoms with van der Waals surface area (Å²) >= 11 is 0. The first kappa shape index (κ1) is 27.1. The molecule has 1 N–H and O–H groups in total. The van der Waals surface area contributed by atoms with Gasteiger partial charge in [0.2, 0.25) is 5.91 Å². The third-order valence-electron chi connectivity index (χ3n) is 4.84. The van der Waals surface area contributed by atoms with Crippen molar-refractivity contribution in [2.45, 2.75) is 117 Å². The van der Waals surface area contributed by atoms with Crippen LogP contribution in [0.2, 0.25) is 0 Å². The molecule has 0 fully saturated rings. The fourth-order valence-corrected chi connectivity index (χ4v) is 3.18. The van der Waals surface area contributed by atoms with Gasteiger partial charge in [-0.15, -0.1) is 0 Å². The minimum absolute atomic E-state index is 0.0991. The van der Waals surface area contributed by atoms with Gasteiger partial charge in [0.25, 0.3) is 0 Å². The SMILES string of the molecule is CCCCCCCC/C=C\CCCCCCCC(=O)NCC(OCC)OCC. The van der Waals surface area contributed by atoms with Gasteiger partial charge >= 0.3 is 0 Å². The number of carbonyl (C=O) groups is 1. The Balaban J connectivity index is 3.37. The number of rotatable bonds is 21. The van der Waals surface area contributed by atoms with Gasteiger partial charge in [0.05, 0.1) is 6.54 Å². The number of unbranched alkanes of at least 4 members (excludes halogenated alkanes) is 11. The number of ether oxygens (including phenoxy) is 2. The van der Waals surface area contributed by atoms with Gasteiger partial charge in [-0.3, -0.25) is 4.79 Å². The Morgan fingerprint density at radius 3 is 1.79 bits per heavy atom. The number of allylic oxidation sites excluding steroid dienone is 2. The highest BCUT2D eigenvalue weighted by Gasteiger charge is 2.09. The van der Waals surface area contributed by atoms with E-state index in [1.807, 2.05) is 13.8 Å². The van der Waals surface area contributed by atoms with Crippen molar-refractivity contribution in [1.82, 2.24) is 5.32 Å². The molecule has 0 saturated carbocycles. The number of carbonyl (C=O) groups excluding carboxylic acids is 1. The first-order valence-electron chi connectivity index (χ1n) is 11.9. The Labute approximate surface area is 174 Å². The van der Waals surface area contributed by atoms with E-state index in [0.29, 0.717) is 26.2 Å². The van der Waals surface area contributed by atoms with Crippen molar-refractivity contribution in [3.63, 3.8) is 0 Å². The summed E-state index contributed by atoms with van der Waals surface area (Å²) in [4.78, 5) is 11.9. The van der Waals surface area contributed by atoms with Crippen molar-refractivity contribution in [2.75, 3.05) is 19.8 Å². The first-order chi connectivity index (χ1) is 13.7. The van der Waals surface area contributed by atoms with Crippen LogP contribution in [0, 0.1) is 0 Å². The van der Waals surface area contributed by atoms with Crippen LogP contribution in [0.3, 0.4) is 0 Å². The van der Waals surface area contributed by atoms with Gasteiger partial charge in [-0.05, 0) is 46.0 Å². The predicted molar refractivity (Wildman–Crippen MR) is 120 cm³/mol. The molecule has 0 aliphatic carbocycles. The smallest absolute Gasteiger partial charge is 0.220 e. The highest BCUT2D eigenvalue weighted by molar-refractivity contribution is 5.75. The quantitative estimate of drug-likeness (QED) is 0.136. The van der Waals surface area contributed by atoms with Crippen molar-refractivity contribution in [2.24, 2.45) is 0 Å². The second-order valence-corrected chi connectivity index (χ2v) is 7.48. The first-order valence-corrected chi connectivity index (χ1v) is 11.9. The molecule has 0 aliphatic rings. The summed E-state index contributed by atoms with van der Waals surface area (Å²) in [5, 5.41) is 2.90. The summed E-state index contributed by atoms with van der Waals surface area (Å²) in [6, 6.07) is 0. The molecule has 0 heterocycles. The van der Waals surface area contributed by atoms with Crippen LogP contribution >= 0.6 is 0 Å². The molecule has 0 spiro atoms. The minimum Gasteiger partial charge on any atom is -0.351 e. The topological polar surface area (TPSA) is 47.6 Å². The van der Waals surface area contributed by atoms with Crippen molar-refractivity contribution < 1.29 is 14.3 Å². The van der Waals surface area contributed by atoms with E-state index < -0.39 is 0 Å². The molecule has 0 aromatic heterocycles. The monoisotopic (exact) mass is 397 g/mol. The van der Waals surface area contributed by atoms with Gasteiger partial charge in [0.15, 0.2) is 6.29 Å². The van der Waals surface area contributed by atoms with Crippen LogP contribution in [0.1, 0.15) is 111 Å². The summed E-state index contributed by atoms with van der Waals surface area (Å²) in [6.45, 7) is 7.75. The van der Waals surface area contributed by atoms with Crippen LogP contribution in [-0.4, -0.2) is 32.0 Å². The van der Waals surface area contributed by atoms with Gasteiger partial charge in [-0.25, -0.2) is 0 Å². The van der Waals surface area contributed by atoms with Crippen LogP contribution < -0.4 is 5.32 Å². The van der Waals surface area contributed by atoms with E-state index in [9.17, 15) is 4.79 Å². The van der Waals surface area contributed by atoms with E-state index in [2.05, 4.69) is 24.4 Å². The highest BCUT2D eigenvalue weighted by Crippen LogP contribution is 2.10. The zero-order chi connectivity index (χ0) is 20.7. The molecule has 0 radical (unpaired) electrons. The molecule has 0 aromatic carbocycles. The fraction of sp³-hybridized carbons (Fsp3) is 0.875. The van der Waals surface area contributed by atoms with Gasteiger partial charge in [-0.2, -0.15) is 0 Å². The van der Waals surface area contributed by atoms with E-state index in [-0.39, 0.29) is 12.2 Å². The largest absolute Gasteiger partial charge is 0.351 e. The Morgan fingerprint density at radius 1 is 0.750 bits per heavy atom. The maximum atomic E-state index is 11.9. The molecule has 0 bridgehead atoms. The molecule has 0 aromatic rings. The van der Waals surface area contributed by atoms with Crippen LogP contribution in [0.4, 0.5) is 0 Å². The summed E-state index contributed by atoms with van der Waals surface area (Å²) in [7, 11) is 0. The molecular formula is C24H47NO3. The molecular weight excluding hydrogens is 350 g/mol. The summed E-state index contributed by atoms with van der Waals surface area (Å²) in [5.41, 5.74) is 0. The Bertz CT molecular complexity index is 352. The zero-order valence-electron chi connectivity index (χ0n) is 19.0. The Kier molecular flexibility index (Phi) is 21.7. The van der Waals surface area contributed by atoms with Crippen molar-refractivity contribution >= 4 is 5.91 Å². The van der Waals surface area contributed by atoms with E-state index in [1.165, 1.54) is 70.6 Å². The zero-order valence-corrected chi connectivity index (χ0v) is 19.0. The fourth-order valence-electron chi connectivity index (χ4n) is 3.18. The third kappa shape index (κ3) is 19.9. The standard InChI is InChI=1S/C24H47NO3/c1-4-7-8-9-10-11-12-13-14-15-16-17-18-19-20-21-23(26)25-22-24(27-5-2)28-6-3/h13-14,24H,4-12,15-22H2,1-3H3,(H,25,26)/b14-13-. The van der Waals surface area contributed by atoms with Gasteiger partial charge in [-0.1, -0.05) is 70.4 Å². The van der Waals surface area contributed by atoms with Crippen LogP contribution in [0.25, 0.3) is 0 Å². The van der Waals surface area contributed by atoms with E-state index in [1.54, 1.807) is 0 Å². The van der Waals surface area contributed by atoms with Crippen molar-refractivity contribution in [3.05, 3.63) is 12.2 Å². The maximum Gasteiger partial charge on any atom is 0.220 e. The van der Waals surface area contributed by atoms with E-state index >= 15 is 0 Å². The Hall–Kier alpha value is -0.870. The lowest BCUT2D eigenvalue weighted by atomic mass is 10.1. The third-order valence-corrected chi connectivity index (χ3v) is 4.84. The minimum atomic E-state index is -0.326. The van der Waals surface area contributed by atoms with Crippen LogP contribution in [0.15, 0.2) is 12.2 Å². The highest BCUT2D eigenvalue weighted by atomic mass is 16.7. The van der Waals surface area contributed by atoms with Gasteiger partial charge in [0.1, 0.15) is 0 Å². The second-order valence-electron chi connectivity index (χ2n) is 7.48. The van der Waals surface area contributed by atoms with Gasteiger partial charge in [0, 0.05) is 19.6 Å². The average molecular weight is 398 g/mol. The average Bonchev–Trinajstić information content (AvgIpc) is 2.69. The molecule has 0 unspecified atom stereocenters. The molecule has 28 heavy (non-hydrogen) atoms. The number of hydrogen-bond donors (Lipinski definition) is 1. The Morgan fingerprint density at radius 2 is 1.25 bits per heavy atom. The van der Waals surface area contributed by atoms with Crippen molar-refractivity contribution in [3.8, 4) is 0 Å². The number of nitrogens with one attached hydrogen (secondary N) is 1. The summed E-state index contributed by atoms with van der Waals surface area (Å²) in [6.07, 6.45) is 21.5. The lowest BCUT2D eigenvalue weighted by Crippen LogP contribution is -2.35. The molecule has 0 atom stereocenters. The lowest BCUT2D eigenvalue weighted by Gasteiger charge is -2.17. The molecule has 1 amide bonds. The van der Waals surface area contributed by atoms with Gasteiger partial charge < -0.3 is 14.8 Å². The molecule has 0 rings (SSSR count). The lowest BCUT2D eigenvalue weighted by molar-refractivity contribution is -0.140. The van der Waals surface area contributed by atoms with Crippen molar-refractivity contribution in [1.29, 1.82) is 0 Å². The van der Waals surface area contributed by atoms with Crippen LogP contribution in [0.5, 0.6) is 0 Å². The molecule has 4 nitrogen and oxygen atoms in total. The summed E-state index contributed by atoms with van der Waals surface area (Å²) < 4.78 is 10.8. The van der Waals surface area contributed by atoms with E-state index in [0.717, 1.165) is 12.8 Å². The molecule has 4 heteroatoms. The predicted octanol–water partition coefficient (Wildman–Crippen LogP) is 6.54. The normalized spacial score (nSPS) is 11.6. The maximum absolute atomic E-state index is 11.9. The second kappa shape index (κ2) is 22.4. The number of hydrogen-bond acceptors (Lipinski definition) is 3. The molecule has 0 saturated heterocycles. The molecule has 166 valence electrons.